The quantitative estimate of drug-likeness (QED) is 0.260. The molecule has 0 aliphatic heterocycles. The molecule has 1 atom stereocenters. The van der Waals surface area contributed by atoms with Gasteiger partial charge in [0, 0.05) is 46.9 Å². The van der Waals surface area contributed by atoms with E-state index in [2.05, 4.69) is 19.7 Å². The molecular formula is C24H20ClF4N3O2S. The van der Waals surface area contributed by atoms with Gasteiger partial charge in [0.05, 0.1) is 20.5 Å². The molecule has 5 nitrogen and oxygen atoms in total. The van der Waals surface area contributed by atoms with Crippen molar-refractivity contribution in [2.45, 2.75) is 43.8 Å². The lowest BCUT2D eigenvalue weighted by molar-refractivity contribution is -0.0506. The SMILES string of the molecule is CC1(O)CC(c2ncc(-c3cnc4[nH]cc([C@H](CF)c5c(OC(F)F)ccc(F)c5Cl)c4c3)s2)C1. The molecular weight excluding hydrogens is 506 g/mol. The summed E-state index contributed by atoms with van der Waals surface area (Å²) in [4.78, 5) is 12.7. The smallest absolute Gasteiger partial charge is 0.387 e. The van der Waals surface area contributed by atoms with Crippen molar-refractivity contribution in [3.8, 4) is 16.2 Å². The molecule has 1 saturated carbocycles. The molecule has 11 heteroatoms. The lowest BCUT2D eigenvalue weighted by Crippen LogP contribution is -2.39. The number of nitrogens with one attached hydrogen (secondary N) is 1. The molecule has 0 unspecified atom stereocenters. The minimum atomic E-state index is -3.19. The Balaban J connectivity index is 1.54. The molecule has 0 radical (unpaired) electrons. The van der Waals surface area contributed by atoms with Crippen LogP contribution in [0.15, 0.2) is 36.8 Å². The van der Waals surface area contributed by atoms with Crippen molar-refractivity contribution >= 4 is 34.0 Å². The van der Waals surface area contributed by atoms with Crippen molar-refractivity contribution in [1.82, 2.24) is 15.0 Å². The van der Waals surface area contributed by atoms with Crippen molar-refractivity contribution in [3.05, 3.63) is 63.8 Å². The number of aromatic nitrogens is 3. The number of hydrogen-bond acceptors (Lipinski definition) is 5. The Kier molecular flexibility index (Phi) is 6.23. The lowest BCUT2D eigenvalue weighted by Gasteiger charge is -2.39. The van der Waals surface area contributed by atoms with Gasteiger partial charge >= 0.3 is 6.61 Å². The highest BCUT2D eigenvalue weighted by molar-refractivity contribution is 7.15. The van der Waals surface area contributed by atoms with Crippen LogP contribution in [0.2, 0.25) is 5.02 Å². The van der Waals surface area contributed by atoms with Crippen LogP contribution >= 0.6 is 22.9 Å². The number of thiazole rings is 1. The maximum Gasteiger partial charge on any atom is 0.387 e. The van der Waals surface area contributed by atoms with Gasteiger partial charge in [-0.2, -0.15) is 8.78 Å². The van der Waals surface area contributed by atoms with Crippen LogP contribution in [-0.2, 0) is 0 Å². The van der Waals surface area contributed by atoms with E-state index in [1.807, 2.05) is 0 Å². The minimum absolute atomic E-state index is 0.196. The fourth-order valence-corrected chi connectivity index (χ4v) is 5.91. The molecule has 0 amide bonds. The van der Waals surface area contributed by atoms with E-state index >= 15 is 0 Å². The fraction of sp³-hybridized carbons (Fsp3) is 0.333. The van der Waals surface area contributed by atoms with Crippen molar-refractivity contribution in [3.63, 3.8) is 0 Å². The first-order valence-electron chi connectivity index (χ1n) is 10.8. The van der Waals surface area contributed by atoms with E-state index in [9.17, 15) is 22.7 Å². The number of H-pyrrole nitrogens is 1. The second-order valence-electron chi connectivity index (χ2n) is 8.89. The molecule has 3 aromatic heterocycles. The summed E-state index contributed by atoms with van der Waals surface area (Å²) < 4.78 is 59.1. The summed E-state index contributed by atoms with van der Waals surface area (Å²) in [5.74, 6) is -2.24. The van der Waals surface area contributed by atoms with Gasteiger partial charge in [-0.25, -0.2) is 14.4 Å². The zero-order valence-corrected chi connectivity index (χ0v) is 19.9. The molecule has 1 aliphatic carbocycles. The molecule has 4 aromatic rings. The molecule has 184 valence electrons. The van der Waals surface area contributed by atoms with Crippen LogP contribution in [0.5, 0.6) is 5.75 Å². The maximum absolute atomic E-state index is 14.4. The van der Waals surface area contributed by atoms with E-state index in [1.165, 1.54) is 17.5 Å². The highest BCUT2D eigenvalue weighted by atomic mass is 35.5. The Bertz CT molecular complexity index is 1380. The molecule has 0 saturated heterocycles. The molecule has 2 N–H and O–H groups in total. The highest BCUT2D eigenvalue weighted by Crippen LogP contribution is 2.47. The number of rotatable bonds is 7. The summed E-state index contributed by atoms with van der Waals surface area (Å²) in [7, 11) is 0. The van der Waals surface area contributed by atoms with Gasteiger partial charge in [-0.3, -0.25) is 4.39 Å². The van der Waals surface area contributed by atoms with Gasteiger partial charge in [-0.15, -0.1) is 11.3 Å². The van der Waals surface area contributed by atoms with Gasteiger partial charge in [0.25, 0.3) is 0 Å². The third-order valence-corrected chi connectivity index (χ3v) is 7.87. The number of alkyl halides is 3. The van der Waals surface area contributed by atoms with E-state index in [0.29, 0.717) is 29.4 Å². The van der Waals surface area contributed by atoms with E-state index < -0.39 is 41.4 Å². The van der Waals surface area contributed by atoms with Crippen LogP contribution in [0.1, 0.15) is 47.7 Å². The monoisotopic (exact) mass is 525 g/mol. The zero-order valence-electron chi connectivity index (χ0n) is 18.4. The van der Waals surface area contributed by atoms with Crippen molar-refractivity contribution in [2.75, 3.05) is 6.67 Å². The van der Waals surface area contributed by atoms with Crippen LogP contribution in [0, 0.1) is 5.82 Å². The standard InChI is InChI=1S/C24H20ClF4N3O2S/c1-24(33)5-12(6-24)22-32-10-18(35-22)11-4-13-15(9-31-21(13)30-8-11)14(7-26)19-17(34-23(28)29)3-2-16(27)20(19)25/h2-4,8-10,12,14,23,33H,5-7H2,1H3,(H,30,31)/t12?,14-,24?/m0/s1. The van der Waals surface area contributed by atoms with Crippen molar-refractivity contribution in [1.29, 1.82) is 0 Å². The van der Waals surface area contributed by atoms with Gasteiger partial charge in [0.1, 0.15) is 23.9 Å². The highest BCUT2D eigenvalue weighted by Gasteiger charge is 2.40. The topological polar surface area (TPSA) is 71.0 Å². The molecule has 0 spiro atoms. The molecule has 5 rings (SSSR count). The van der Waals surface area contributed by atoms with E-state index in [-0.39, 0.29) is 11.5 Å². The largest absolute Gasteiger partial charge is 0.434 e. The molecule has 35 heavy (non-hydrogen) atoms. The maximum atomic E-state index is 14.4. The number of pyridine rings is 1. The molecule has 0 bridgehead atoms. The molecule has 1 aliphatic rings. The summed E-state index contributed by atoms with van der Waals surface area (Å²) in [6.07, 6.45) is 6.19. The summed E-state index contributed by atoms with van der Waals surface area (Å²) in [5.41, 5.74) is 0.704. The number of halogens is 5. The summed E-state index contributed by atoms with van der Waals surface area (Å²) in [5, 5.41) is 11.0. The second kappa shape index (κ2) is 9.07. The van der Waals surface area contributed by atoms with Crippen LogP contribution in [-0.4, -0.2) is 38.9 Å². The number of nitrogens with zero attached hydrogens (tertiary/aromatic N) is 2. The Hall–Kier alpha value is -2.69. The molecule has 1 fully saturated rings. The fourth-order valence-electron chi connectivity index (χ4n) is 4.62. The number of benzene rings is 1. The van der Waals surface area contributed by atoms with Gasteiger partial charge < -0.3 is 14.8 Å². The van der Waals surface area contributed by atoms with Crippen LogP contribution in [0.4, 0.5) is 17.6 Å². The third kappa shape index (κ3) is 4.50. The Morgan fingerprint density at radius 1 is 1.29 bits per heavy atom. The first kappa shape index (κ1) is 24.0. The van der Waals surface area contributed by atoms with Crippen LogP contribution < -0.4 is 4.74 Å². The molecule has 3 heterocycles. The Labute approximate surface area is 206 Å². The summed E-state index contributed by atoms with van der Waals surface area (Å²) >= 11 is 7.60. The predicted octanol–water partition coefficient (Wildman–Crippen LogP) is 6.81. The zero-order chi connectivity index (χ0) is 24.9. The van der Waals surface area contributed by atoms with Gasteiger partial charge in [-0.1, -0.05) is 11.6 Å². The van der Waals surface area contributed by atoms with Gasteiger partial charge in [0.15, 0.2) is 0 Å². The van der Waals surface area contributed by atoms with E-state index in [0.717, 1.165) is 27.6 Å². The number of fused-ring (bicyclic) bond motifs is 1. The van der Waals surface area contributed by atoms with Crippen LogP contribution in [0.3, 0.4) is 0 Å². The van der Waals surface area contributed by atoms with Crippen molar-refractivity contribution in [2.24, 2.45) is 0 Å². The minimum Gasteiger partial charge on any atom is -0.434 e. The average molecular weight is 526 g/mol. The summed E-state index contributed by atoms with van der Waals surface area (Å²) in [6.45, 7) is -2.42. The first-order chi connectivity index (χ1) is 16.7. The van der Waals surface area contributed by atoms with Gasteiger partial charge in [-0.05, 0) is 43.5 Å². The number of ether oxygens (including phenoxy) is 1. The van der Waals surface area contributed by atoms with Crippen molar-refractivity contribution < 1.29 is 27.4 Å². The third-order valence-electron chi connectivity index (χ3n) is 6.28. The second-order valence-corrected chi connectivity index (χ2v) is 10.3. The van der Waals surface area contributed by atoms with E-state index in [4.69, 9.17) is 11.6 Å². The number of hydrogen-bond donors (Lipinski definition) is 2. The van der Waals surface area contributed by atoms with E-state index in [1.54, 1.807) is 25.4 Å². The number of aromatic amines is 1. The number of aliphatic hydroxyl groups is 1. The lowest BCUT2D eigenvalue weighted by atomic mass is 9.72. The van der Waals surface area contributed by atoms with Crippen LogP contribution in [0.25, 0.3) is 21.5 Å². The van der Waals surface area contributed by atoms with Gasteiger partial charge in [0.2, 0.25) is 0 Å². The molecule has 1 aromatic carbocycles. The summed E-state index contributed by atoms with van der Waals surface area (Å²) in [6, 6.07) is 3.71. The Morgan fingerprint density at radius 2 is 2.06 bits per heavy atom. The predicted molar refractivity (Wildman–Crippen MR) is 126 cm³/mol. The Morgan fingerprint density at radius 3 is 2.74 bits per heavy atom. The normalized spacial score (nSPS) is 20.9. The first-order valence-corrected chi connectivity index (χ1v) is 12.0. The average Bonchev–Trinajstić information content (AvgIpc) is 3.44.